The average molecular weight is 289 g/mol. The van der Waals surface area contributed by atoms with Crippen LogP contribution in [-0.2, 0) is 19.3 Å². The molecule has 21 heavy (non-hydrogen) atoms. The van der Waals surface area contributed by atoms with E-state index in [9.17, 15) is 8.78 Å². The van der Waals surface area contributed by atoms with Crippen LogP contribution in [0.1, 0.15) is 36.0 Å². The lowest BCUT2D eigenvalue weighted by atomic mass is 10.1. The normalized spacial score (nSPS) is 13.3. The zero-order valence-corrected chi connectivity index (χ0v) is 11.9. The molecule has 110 valence electrons. The van der Waals surface area contributed by atoms with E-state index in [0.717, 1.165) is 43.4 Å². The van der Waals surface area contributed by atoms with E-state index in [4.69, 9.17) is 0 Å². The molecule has 0 aliphatic heterocycles. The van der Waals surface area contributed by atoms with Gasteiger partial charge in [-0.05, 0) is 43.9 Å². The first kappa shape index (κ1) is 13.9. The van der Waals surface area contributed by atoms with Crippen LogP contribution in [0.5, 0.6) is 0 Å². The summed E-state index contributed by atoms with van der Waals surface area (Å²) in [4.78, 5) is 9.08. The van der Waals surface area contributed by atoms with Crippen LogP contribution in [0.4, 0.5) is 14.6 Å². The number of hydrogen-bond acceptors (Lipinski definition) is 3. The van der Waals surface area contributed by atoms with Crippen LogP contribution < -0.4 is 5.32 Å². The Bertz CT molecular complexity index is 651. The predicted molar refractivity (Wildman–Crippen MR) is 77.4 cm³/mol. The van der Waals surface area contributed by atoms with Crippen molar-refractivity contribution in [1.29, 1.82) is 0 Å². The molecule has 3 nitrogen and oxygen atoms in total. The van der Waals surface area contributed by atoms with Crippen LogP contribution in [0.15, 0.2) is 18.2 Å². The summed E-state index contributed by atoms with van der Waals surface area (Å²) >= 11 is 0. The van der Waals surface area contributed by atoms with Crippen LogP contribution in [0.25, 0.3) is 0 Å². The molecule has 1 aliphatic rings. The molecular weight excluding hydrogens is 272 g/mol. The first-order valence-electron chi connectivity index (χ1n) is 7.23. The highest BCUT2D eigenvalue weighted by atomic mass is 19.1. The van der Waals surface area contributed by atoms with Gasteiger partial charge in [0.05, 0.1) is 0 Å². The molecule has 1 aliphatic carbocycles. The Kier molecular flexibility index (Phi) is 3.82. The van der Waals surface area contributed by atoms with Crippen molar-refractivity contribution in [2.75, 3.05) is 11.9 Å². The quantitative estimate of drug-likeness (QED) is 0.938. The number of hydrogen-bond donors (Lipinski definition) is 1. The van der Waals surface area contributed by atoms with Crippen molar-refractivity contribution < 1.29 is 8.78 Å². The Morgan fingerprint density at radius 3 is 2.57 bits per heavy atom. The zero-order chi connectivity index (χ0) is 14.8. The van der Waals surface area contributed by atoms with Gasteiger partial charge in [-0.25, -0.2) is 18.7 Å². The molecule has 0 spiro atoms. The maximum Gasteiger partial charge on any atom is 0.135 e. The summed E-state index contributed by atoms with van der Waals surface area (Å²) in [5.74, 6) is 0.333. The van der Waals surface area contributed by atoms with E-state index in [1.807, 2.05) is 6.92 Å². The van der Waals surface area contributed by atoms with Gasteiger partial charge in [0.15, 0.2) is 0 Å². The lowest BCUT2D eigenvalue weighted by Crippen LogP contribution is -2.09. The van der Waals surface area contributed by atoms with E-state index >= 15 is 0 Å². The number of benzene rings is 1. The number of fused-ring (bicyclic) bond motifs is 1. The minimum Gasteiger partial charge on any atom is -0.370 e. The average Bonchev–Trinajstić information content (AvgIpc) is 2.86. The van der Waals surface area contributed by atoms with E-state index in [1.165, 1.54) is 17.7 Å². The molecule has 0 fully saturated rings. The fourth-order valence-corrected chi connectivity index (χ4v) is 2.77. The van der Waals surface area contributed by atoms with Crippen molar-refractivity contribution in [1.82, 2.24) is 9.97 Å². The third-order valence-corrected chi connectivity index (χ3v) is 3.61. The van der Waals surface area contributed by atoms with Crippen molar-refractivity contribution in [3.05, 3.63) is 52.5 Å². The molecule has 1 N–H and O–H groups in total. The summed E-state index contributed by atoms with van der Waals surface area (Å²) in [6.45, 7) is 2.81. The Labute approximate surface area is 122 Å². The molecule has 0 radical (unpaired) electrons. The van der Waals surface area contributed by atoms with Gasteiger partial charge in [-0.1, -0.05) is 0 Å². The number of aryl methyl sites for hydroxylation is 1. The van der Waals surface area contributed by atoms with E-state index in [2.05, 4.69) is 15.3 Å². The van der Waals surface area contributed by atoms with Gasteiger partial charge in [-0.15, -0.1) is 0 Å². The second kappa shape index (κ2) is 5.76. The molecule has 1 aromatic carbocycles. The monoisotopic (exact) mass is 289 g/mol. The van der Waals surface area contributed by atoms with Gasteiger partial charge >= 0.3 is 0 Å². The standard InChI is InChI=1S/C16H17F2N3/c1-2-19-16-13-4-3-5-14(13)20-15(21-16)8-10-6-11(17)9-12(18)7-10/h6-7,9H,2-5,8H2,1H3,(H,19,20,21). The smallest absolute Gasteiger partial charge is 0.135 e. The Balaban J connectivity index is 1.93. The minimum absolute atomic E-state index is 0.334. The summed E-state index contributed by atoms with van der Waals surface area (Å²) in [7, 11) is 0. The first-order chi connectivity index (χ1) is 10.2. The molecule has 0 unspecified atom stereocenters. The molecule has 3 rings (SSSR count). The molecule has 0 amide bonds. The number of anilines is 1. The van der Waals surface area contributed by atoms with Crippen LogP contribution in [0, 0.1) is 11.6 Å². The summed E-state index contributed by atoms with van der Waals surface area (Å²) in [6.07, 6.45) is 3.36. The SMILES string of the molecule is CCNc1nc(Cc2cc(F)cc(F)c2)nc2c1CCC2. The fourth-order valence-electron chi connectivity index (χ4n) is 2.77. The van der Waals surface area contributed by atoms with Gasteiger partial charge in [0.1, 0.15) is 23.3 Å². The van der Waals surface area contributed by atoms with E-state index in [-0.39, 0.29) is 0 Å². The lowest BCUT2D eigenvalue weighted by molar-refractivity contribution is 0.580. The van der Waals surface area contributed by atoms with Gasteiger partial charge in [0.25, 0.3) is 0 Å². The van der Waals surface area contributed by atoms with Gasteiger partial charge in [0.2, 0.25) is 0 Å². The molecule has 2 aromatic rings. The highest BCUT2D eigenvalue weighted by molar-refractivity contribution is 5.49. The minimum atomic E-state index is -0.571. The van der Waals surface area contributed by atoms with Crippen LogP contribution in [0.2, 0.25) is 0 Å². The number of nitrogens with one attached hydrogen (secondary N) is 1. The van der Waals surface area contributed by atoms with Crippen molar-refractivity contribution in [3.8, 4) is 0 Å². The number of rotatable bonds is 4. The highest BCUT2D eigenvalue weighted by Crippen LogP contribution is 2.26. The molecule has 0 saturated heterocycles. The van der Waals surface area contributed by atoms with E-state index in [0.29, 0.717) is 17.8 Å². The second-order valence-electron chi connectivity index (χ2n) is 5.25. The molecule has 0 atom stereocenters. The summed E-state index contributed by atoms with van der Waals surface area (Å²) in [5, 5.41) is 3.26. The fraction of sp³-hybridized carbons (Fsp3) is 0.375. The van der Waals surface area contributed by atoms with Crippen LogP contribution >= 0.6 is 0 Å². The summed E-state index contributed by atoms with van der Waals surface area (Å²) in [6, 6.07) is 3.52. The topological polar surface area (TPSA) is 37.8 Å². The van der Waals surface area contributed by atoms with Crippen molar-refractivity contribution in [2.24, 2.45) is 0 Å². The van der Waals surface area contributed by atoms with Crippen LogP contribution in [-0.4, -0.2) is 16.5 Å². The summed E-state index contributed by atoms with van der Waals surface area (Å²) < 4.78 is 26.5. The molecule has 0 bridgehead atoms. The highest BCUT2D eigenvalue weighted by Gasteiger charge is 2.19. The van der Waals surface area contributed by atoms with E-state index < -0.39 is 11.6 Å². The van der Waals surface area contributed by atoms with Gasteiger partial charge in [0, 0.05) is 30.3 Å². The first-order valence-corrected chi connectivity index (χ1v) is 7.23. The molecule has 0 saturated carbocycles. The third-order valence-electron chi connectivity index (χ3n) is 3.61. The van der Waals surface area contributed by atoms with Gasteiger partial charge in [-0.2, -0.15) is 0 Å². The predicted octanol–water partition coefficient (Wildman–Crippen LogP) is 3.27. The maximum atomic E-state index is 13.3. The third kappa shape index (κ3) is 3.01. The van der Waals surface area contributed by atoms with E-state index in [1.54, 1.807) is 0 Å². The van der Waals surface area contributed by atoms with Gasteiger partial charge < -0.3 is 5.32 Å². The van der Waals surface area contributed by atoms with Crippen molar-refractivity contribution >= 4 is 5.82 Å². The Morgan fingerprint density at radius 1 is 1.10 bits per heavy atom. The number of halogens is 2. The molecular formula is C16H17F2N3. The zero-order valence-electron chi connectivity index (χ0n) is 11.9. The van der Waals surface area contributed by atoms with Gasteiger partial charge in [-0.3, -0.25) is 0 Å². The summed E-state index contributed by atoms with van der Waals surface area (Å²) in [5.41, 5.74) is 2.80. The Morgan fingerprint density at radius 2 is 1.86 bits per heavy atom. The number of nitrogens with zero attached hydrogens (tertiary/aromatic N) is 2. The largest absolute Gasteiger partial charge is 0.370 e. The Hall–Kier alpha value is -2.04. The lowest BCUT2D eigenvalue weighted by Gasteiger charge is -2.11. The second-order valence-corrected chi connectivity index (χ2v) is 5.25. The maximum absolute atomic E-state index is 13.3. The molecule has 1 aromatic heterocycles. The molecule has 1 heterocycles. The number of aromatic nitrogens is 2. The van der Waals surface area contributed by atoms with Crippen LogP contribution in [0.3, 0.4) is 0 Å². The molecule has 5 heteroatoms. The van der Waals surface area contributed by atoms with Crippen molar-refractivity contribution in [2.45, 2.75) is 32.6 Å². The van der Waals surface area contributed by atoms with Crippen molar-refractivity contribution in [3.63, 3.8) is 0 Å².